The third-order valence-corrected chi connectivity index (χ3v) is 6.69. The lowest BCUT2D eigenvalue weighted by Crippen LogP contribution is -2.38. The zero-order valence-corrected chi connectivity index (χ0v) is 14.5. The molecular formula is C17H24N2O3S. The molecule has 1 heterocycles. The van der Waals surface area contributed by atoms with Gasteiger partial charge in [-0.3, -0.25) is 9.10 Å². The molecule has 0 aromatic heterocycles. The predicted molar refractivity (Wildman–Crippen MR) is 92.1 cm³/mol. The highest BCUT2D eigenvalue weighted by molar-refractivity contribution is 7.92. The van der Waals surface area contributed by atoms with Crippen LogP contribution in [0.4, 0.5) is 11.4 Å². The van der Waals surface area contributed by atoms with Gasteiger partial charge in [0, 0.05) is 18.2 Å². The lowest BCUT2D eigenvalue weighted by Gasteiger charge is -2.30. The Hall–Kier alpha value is -1.56. The molecule has 2 fully saturated rings. The molecule has 2 aliphatic rings. The van der Waals surface area contributed by atoms with E-state index in [0.717, 1.165) is 24.8 Å². The van der Waals surface area contributed by atoms with Crippen LogP contribution in [0.1, 0.15) is 38.2 Å². The minimum Gasteiger partial charge on any atom is -0.326 e. The molecule has 23 heavy (non-hydrogen) atoms. The second kappa shape index (κ2) is 6.15. The summed E-state index contributed by atoms with van der Waals surface area (Å²) in [5.74, 6) is 0.728. The van der Waals surface area contributed by atoms with Gasteiger partial charge in [-0.1, -0.05) is 13.0 Å². The van der Waals surface area contributed by atoms with Gasteiger partial charge in [0.25, 0.3) is 0 Å². The maximum atomic E-state index is 12.3. The zero-order chi connectivity index (χ0) is 16.6. The highest BCUT2D eigenvalue weighted by Gasteiger charge is 2.33. The topological polar surface area (TPSA) is 66.5 Å². The monoisotopic (exact) mass is 336 g/mol. The third-order valence-electron chi connectivity index (χ3n) is 4.84. The van der Waals surface area contributed by atoms with Crippen molar-refractivity contribution in [1.82, 2.24) is 0 Å². The van der Waals surface area contributed by atoms with E-state index in [2.05, 4.69) is 5.32 Å². The van der Waals surface area contributed by atoms with Crippen LogP contribution in [0.15, 0.2) is 18.2 Å². The van der Waals surface area contributed by atoms with Crippen molar-refractivity contribution in [2.45, 2.75) is 39.5 Å². The first kappa shape index (κ1) is 16.3. The minimum atomic E-state index is -3.24. The number of carbonyl (C=O) groups is 1. The second-order valence-electron chi connectivity index (χ2n) is 6.71. The molecule has 126 valence electrons. The van der Waals surface area contributed by atoms with Gasteiger partial charge in [0.15, 0.2) is 0 Å². The highest BCUT2D eigenvalue weighted by atomic mass is 32.2. The highest BCUT2D eigenvalue weighted by Crippen LogP contribution is 2.37. The van der Waals surface area contributed by atoms with Gasteiger partial charge in [-0.25, -0.2) is 8.42 Å². The SMILES string of the molecule is Cc1ccc(NC(=O)C(C)C2CC2)cc1N1CCCCS1(=O)=O. The van der Waals surface area contributed by atoms with Crippen LogP contribution in [0.3, 0.4) is 0 Å². The fraction of sp³-hybridized carbons (Fsp3) is 0.588. The summed E-state index contributed by atoms with van der Waals surface area (Å²) < 4.78 is 26.1. The third kappa shape index (κ3) is 3.52. The molecule has 1 unspecified atom stereocenters. The number of hydrogen-bond donors (Lipinski definition) is 1. The molecule has 1 atom stereocenters. The molecule has 1 aromatic carbocycles. The lowest BCUT2D eigenvalue weighted by molar-refractivity contribution is -0.119. The molecule has 1 aromatic rings. The van der Waals surface area contributed by atoms with Gasteiger partial charge >= 0.3 is 0 Å². The number of benzene rings is 1. The molecule has 1 amide bonds. The number of anilines is 2. The first-order valence-electron chi connectivity index (χ1n) is 8.30. The number of aryl methyl sites for hydroxylation is 1. The van der Waals surface area contributed by atoms with Gasteiger partial charge in [0.2, 0.25) is 15.9 Å². The molecule has 0 radical (unpaired) electrons. The van der Waals surface area contributed by atoms with Crippen LogP contribution >= 0.6 is 0 Å². The van der Waals surface area contributed by atoms with Crippen molar-refractivity contribution in [3.8, 4) is 0 Å². The van der Waals surface area contributed by atoms with Crippen molar-refractivity contribution in [3.63, 3.8) is 0 Å². The number of sulfonamides is 1. The summed E-state index contributed by atoms with van der Waals surface area (Å²) in [7, 11) is -3.24. The second-order valence-corrected chi connectivity index (χ2v) is 8.72. The maximum Gasteiger partial charge on any atom is 0.235 e. The van der Waals surface area contributed by atoms with Gasteiger partial charge in [0.05, 0.1) is 11.4 Å². The van der Waals surface area contributed by atoms with E-state index >= 15 is 0 Å². The first-order chi connectivity index (χ1) is 10.9. The van der Waals surface area contributed by atoms with E-state index < -0.39 is 10.0 Å². The summed E-state index contributed by atoms with van der Waals surface area (Å²) in [5.41, 5.74) is 2.26. The van der Waals surface area contributed by atoms with Crippen molar-refractivity contribution < 1.29 is 13.2 Å². The molecule has 1 saturated carbocycles. The lowest BCUT2D eigenvalue weighted by atomic mass is 10.1. The molecule has 3 rings (SSSR count). The molecule has 1 aliphatic carbocycles. The minimum absolute atomic E-state index is 0.0125. The summed E-state index contributed by atoms with van der Waals surface area (Å²) >= 11 is 0. The normalized spacial score (nSPS) is 21.7. The van der Waals surface area contributed by atoms with Crippen molar-refractivity contribution in [3.05, 3.63) is 23.8 Å². The molecule has 5 nitrogen and oxygen atoms in total. The van der Waals surface area contributed by atoms with Crippen molar-refractivity contribution in [1.29, 1.82) is 0 Å². The Morgan fingerprint density at radius 1 is 1.30 bits per heavy atom. The number of rotatable bonds is 4. The number of nitrogens with zero attached hydrogens (tertiary/aromatic N) is 1. The Labute approximate surface area is 138 Å². The number of hydrogen-bond acceptors (Lipinski definition) is 3. The average Bonchev–Trinajstić information content (AvgIpc) is 3.33. The van der Waals surface area contributed by atoms with Gasteiger partial charge in [-0.2, -0.15) is 0 Å². The molecule has 0 spiro atoms. The molecule has 1 saturated heterocycles. The van der Waals surface area contributed by atoms with E-state index in [9.17, 15) is 13.2 Å². The van der Waals surface area contributed by atoms with Crippen LogP contribution in [-0.2, 0) is 14.8 Å². The van der Waals surface area contributed by atoms with Crippen molar-refractivity contribution in [2.24, 2.45) is 11.8 Å². The summed E-state index contributed by atoms with van der Waals surface area (Å²) in [6.07, 6.45) is 3.83. The van der Waals surface area contributed by atoms with Crippen molar-refractivity contribution in [2.75, 3.05) is 21.9 Å². The van der Waals surface area contributed by atoms with E-state index in [1.807, 2.05) is 26.0 Å². The van der Waals surface area contributed by atoms with Crippen molar-refractivity contribution >= 4 is 27.3 Å². The van der Waals surface area contributed by atoms with E-state index in [4.69, 9.17) is 0 Å². The Balaban J connectivity index is 1.82. The molecular weight excluding hydrogens is 312 g/mol. The number of amides is 1. The van der Waals surface area contributed by atoms with Gasteiger partial charge in [-0.05, 0) is 56.2 Å². The summed E-state index contributed by atoms with van der Waals surface area (Å²) in [4.78, 5) is 12.3. The Bertz CT molecular complexity index is 711. The Morgan fingerprint density at radius 2 is 2.04 bits per heavy atom. The largest absolute Gasteiger partial charge is 0.326 e. The van der Waals surface area contributed by atoms with Crippen LogP contribution in [0.25, 0.3) is 0 Å². The summed E-state index contributed by atoms with van der Waals surface area (Å²) in [6.45, 7) is 4.37. The maximum absolute atomic E-state index is 12.3. The van der Waals surface area contributed by atoms with E-state index in [1.165, 1.54) is 4.31 Å². The van der Waals surface area contributed by atoms with Crippen LogP contribution < -0.4 is 9.62 Å². The smallest absolute Gasteiger partial charge is 0.235 e. The van der Waals surface area contributed by atoms with Gasteiger partial charge < -0.3 is 5.32 Å². The molecule has 0 bridgehead atoms. The molecule has 1 N–H and O–H groups in total. The van der Waals surface area contributed by atoms with E-state index in [1.54, 1.807) is 6.07 Å². The quantitative estimate of drug-likeness (QED) is 0.919. The van der Waals surface area contributed by atoms with Gasteiger partial charge in [0.1, 0.15) is 0 Å². The van der Waals surface area contributed by atoms with Crippen LogP contribution in [0.5, 0.6) is 0 Å². The Morgan fingerprint density at radius 3 is 2.70 bits per heavy atom. The number of nitrogens with one attached hydrogen (secondary N) is 1. The fourth-order valence-corrected chi connectivity index (χ4v) is 4.77. The van der Waals surface area contributed by atoms with Crippen LogP contribution in [-0.4, -0.2) is 26.6 Å². The summed E-state index contributed by atoms with van der Waals surface area (Å²) in [6, 6.07) is 5.50. The Kier molecular flexibility index (Phi) is 4.36. The van der Waals surface area contributed by atoms with Gasteiger partial charge in [-0.15, -0.1) is 0 Å². The zero-order valence-electron chi connectivity index (χ0n) is 13.7. The van der Waals surface area contributed by atoms with E-state index in [-0.39, 0.29) is 17.6 Å². The molecule has 6 heteroatoms. The summed E-state index contributed by atoms with van der Waals surface area (Å²) in [5, 5.41) is 2.94. The number of carbonyl (C=O) groups excluding carboxylic acids is 1. The van der Waals surface area contributed by atoms with Crippen LogP contribution in [0, 0.1) is 18.8 Å². The molecule has 1 aliphatic heterocycles. The first-order valence-corrected chi connectivity index (χ1v) is 9.91. The van der Waals surface area contributed by atoms with Crippen LogP contribution in [0.2, 0.25) is 0 Å². The average molecular weight is 336 g/mol. The standard InChI is InChI=1S/C17H24N2O3S/c1-12-5-8-15(18-17(20)13(2)14-6-7-14)11-16(12)19-9-3-4-10-23(19,21)22/h5,8,11,13-14H,3-4,6-7,9-10H2,1-2H3,(H,18,20). The van der Waals surface area contributed by atoms with E-state index in [0.29, 0.717) is 30.3 Å². The fourth-order valence-electron chi connectivity index (χ4n) is 3.08. The predicted octanol–water partition coefficient (Wildman–Crippen LogP) is 2.91.